The number of nitrogens with zero attached hydrogens (tertiary/aromatic N) is 1. The first-order valence-electron chi connectivity index (χ1n) is 6.47. The quantitative estimate of drug-likeness (QED) is 0.757. The van der Waals surface area contributed by atoms with Crippen LogP contribution in [0.4, 0.5) is 0 Å². The van der Waals surface area contributed by atoms with E-state index in [4.69, 9.17) is 9.47 Å². The molecule has 0 aliphatic carbocycles. The normalized spacial score (nSPS) is 27.1. The summed E-state index contributed by atoms with van der Waals surface area (Å²) in [7, 11) is 0. The Balaban J connectivity index is 1.72. The summed E-state index contributed by atoms with van der Waals surface area (Å²) in [6, 6.07) is 0.174. The number of rotatable bonds is 3. The van der Waals surface area contributed by atoms with Crippen LogP contribution >= 0.6 is 0 Å². The van der Waals surface area contributed by atoms with E-state index in [0.29, 0.717) is 19.8 Å². The molecule has 2 saturated heterocycles. The molecule has 0 aromatic heterocycles. The van der Waals surface area contributed by atoms with Crippen molar-refractivity contribution >= 4 is 5.91 Å². The maximum absolute atomic E-state index is 12.0. The average molecular weight is 242 g/mol. The van der Waals surface area contributed by atoms with Gasteiger partial charge < -0.3 is 19.7 Å². The van der Waals surface area contributed by atoms with Crippen LogP contribution in [-0.2, 0) is 14.3 Å². The molecule has 0 bridgehead atoms. The zero-order valence-corrected chi connectivity index (χ0v) is 10.5. The van der Waals surface area contributed by atoms with Crippen molar-refractivity contribution in [1.82, 2.24) is 10.2 Å². The Labute approximate surface area is 102 Å². The molecule has 98 valence electrons. The summed E-state index contributed by atoms with van der Waals surface area (Å²) in [6.07, 6.45) is 2.26. The second-order valence-electron chi connectivity index (χ2n) is 4.77. The maximum Gasteiger partial charge on any atom is 0.248 e. The van der Waals surface area contributed by atoms with Gasteiger partial charge in [0.1, 0.15) is 6.61 Å². The zero-order valence-electron chi connectivity index (χ0n) is 10.5. The SMILES string of the molecule is CC1COCCN1C(=O)COC1CCNCC1. The predicted octanol–water partition coefficient (Wildman–Crippen LogP) is 0.00230. The molecule has 2 aliphatic rings. The highest BCUT2D eigenvalue weighted by Gasteiger charge is 2.24. The van der Waals surface area contributed by atoms with Crippen LogP contribution in [0.5, 0.6) is 0 Å². The van der Waals surface area contributed by atoms with Gasteiger partial charge >= 0.3 is 0 Å². The van der Waals surface area contributed by atoms with E-state index in [9.17, 15) is 4.79 Å². The molecule has 0 aromatic rings. The highest BCUT2D eigenvalue weighted by molar-refractivity contribution is 5.77. The fourth-order valence-corrected chi connectivity index (χ4v) is 2.33. The Kier molecular flexibility index (Phi) is 4.76. The van der Waals surface area contributed by atoms with Gasteiger partial charge in [0.15, 0.2) is 0 Å². The topological polar surface area (TPSA) is 50.8 Å². The smallest absolute Gasteiger partial charge is 0.248 e. The minimum absolute atomic E-state index is 0.0966. The van der Waals surface area contributed by atoms with Crippen LogP contribution in [0, 0.1) is 0 Å². The van der Waals surface area contributed by atoms with Crippen molar-refractivity contribution in [1.29, 1.82) is 0 Å². The fourth-order valence-electron chi connectivity index (χ4n) is 2.33. The summed E-state index contributed by atoms with van der Waals surface area (Å²) in [5.74, 6) is 0.0966. The van der Waals surface area contributed by atoms with Crippen LogP contribution in [0.3, 0.4) is 0 Å². The van der Waals surface area contributed by atoms with E-state index in [0.717, 1.165) is 25.9 Å². The number of hydrogen-bond acceptors (Lipinski definition) is 4. The molecule has 2 aliphatic heterocycles. The number of morpholine rings is 1. The number of amides is 1. The minimum atomic E-state index is 0.0966. The van der Waals surface area contributed by atoms with Gasteiger partial charge in [0.2, 0.25) is 5.91 Å². The van der Waals surface area contributed by atoms with Gasteiger partial charge in [0.05, 0.1) is 25.4 Å². The number of carbonyl (C=O) groups excluding carboxylic acids is 1. The molecule has 1 amide bonds. The second kappa shape index (κ2) is 6.33. The summed E-state index contributed by atoms with van der Waals surface area (Å²) in [6.45, 7) is 6.19. The Hall–Kier alpha value is -0.650. The molecule has 2 rings (SSSR count). The fraction of sp³-hybridized carbons (Fsp3) is 0.917. The van der Waals surface area contributed by atoms with Crippen molar-refractivity contribution in [2.24, 2.45) is 0 Å². The van der Waals surface area contributed by atoms with E-state index in [1.807, 2.05) is 11.8 Å². The standard InChI is InChI=1S/C12H22N2O3/c1-10-8-16-7-6-14(10)12(15)9-17-11-2-4-13-5-3-11/h10-11,13H,2-9H2,1H3. The van der Waals surface area contributed by atoms with E-state index in [-0.39, 0.29) is 24.7 Å². The largest absolute Gasteiger partial charge is 0.377 e. The van der Waals surface area contributed by atoms with E-state index < -0.39 is 0 Å². The molecule has 0 spiro atoms. The lowest BCUT2D eigenvalue weighted by Gasteiger charge is -2.33. The Morgan fingerprint density at radius 1 is 1.47 bits per heavy atom. The van der Waals surface area contributed by atoms with Crippen molar-refractivity contribution < 1.29 is 14.3 Å². The third-order valence-corrected chi connectivity index (χ3v) is 3.42. The molecule has 2 fully saturated rings. The summed E-state index contributed by atoms with van der Waals surface area (Å²) >= 11 is 0. The zero-order chi connectivity index (χ0) is 12.1. The van der Waals surface area contributed by atoms with E-state index in [1.54, 1.807) is 0 Å². The lowest BCUT2D eigenvalue weighted by molar-refractivity contribution is -0.146. The molecule has 1 unspecified atom stereocenters. The van der Waals surface area contributed by atoms with Crippen molar-refractivity contribution in [3.05, 3.63) is 0 Å². The summed E-state index contributed by atoms with van der Waals surface area (Å²) in [5, 5.41) is 3.28. The molecule has 0 radical (unpaired) electrons. The molecule has 0 aromatic carbocycles. The number of hydrogen-bond donors (Lipinski definition) is 1. The molecule has 1 N–H and O–H groups in total. The second-order valence-corrected chi connectivity index (χ2v) is 4.77. The predicted molar refractivity (Wildman–Crippen MR) is 63.8 cm³/mol. The first-order valence-corrected chi connectivity index (χ1v) is 6.47. The summed E-state index contributed by atoms with van der Waals surface area (Å²) < 4.78 is 11.0. The van der Waals surface area contributed by atoms with Crippen molar-refractivity contribution in [2.45, 2.75) is 31.9 Å². The van der Waals surface area contributed by atoms with Crippen molar-refractivity contribution in [2.75, 3.05) is 39.5 Å². The van der Waals surface area contributed by atoms with Crippen LogP contribution in [-0.4, -0.2) is 62.4 Å². The molecule has 5 nitrogen and oxygen atoms in total. The Morgan fingerprint density at radius 3 is 2.94 bits per heavy atom. The van der Waals surface area contributed by atoms with Crippen molar-refractivity contribution in [3.63, 3.8) is 0 Å². The Morgan fingerprint density at radius 2 is 2.24 bits per heavy atom. The monoisotopic (exact) mass is 242 g/mol. The van der Waals surface area contributed by atoms with Crippen LogP contribution < -0.4 is 5.32 Å². The van der Waals surface area contributed by atoms with Gasteiger partial charge in [-0.3, -0.25) is 4.79 Å². The molecular formula is C12H22N2O3. The van der Waals surface area contributed by atoms with E-state index in [1.165, 1.54) is 0 Å². The van der Waals surface area contributed by atoms with Crippen LogP contribution in [0.25, 0.3) is 0 Å². The lowest BCUT2D eigenvalue weighted by Crippen LogP contribution is -2.49. The number of carbonyl (C=O) groups is 1. The number of ether oxygens (including phenoxy) is 2. The van der Waals surface area contributed by atoms with E-state index >= 15 is 0 Å². The lowest BCUT2D eigenvalue weighted by atomic mass is 10.1. The molecule has 2 heterocycles. The number of piperidine rings is 1. The van der Waals surface area contributed by atoms with Crippen LogP contribution in [0.2, 0.25) is 0 Å². The molecule has 1 atom stereocenters. The average Bonchev–Trinajstić information content (AvgIpc) is 2.38. The highest BCUT2D eigenvalue weighted by atomic mass is 16.5. The van der Waals surface area contributed by atoms with Crippen LogP contribution in [0.15, 0.2) is 0 Å². The third kappa shape index (κ3) is 3.66. The maximum atomic E-state index is 12.0. The van der Waals surface area contributed by atoms with Gasteiger partial charge in [0.25, 0.3) is 0 Å². The number of nitrogens with one attached hydrogen (secondary N) is 1. The third-order valence-electron chi connectivity index (χ3n) is 3.42. The van der Waals surface area contributed by atoms with Gasteiger partial charge in [-0.25, -0.2) is 0 Å². The molecule has 5 heteroatoms. The van der Waals surface area contributed by atoms with Gasteiger partial charge in [-0.1, -0.05) is 0 Å². The van der Waals surface area contributed by atoms with Gasteiger partial charge in [-0.05, 0) is 32.9 Å². The molecular weight excluding hydrogens is 220 g/mol. The van der Waals surface area contributed by atoms with E-state index in [2.05, 4.69) is 5.32 Å². The van der Waals surface area contributed by atoms with Crippen LogP contribution in [0.1, 0.15) is 19.8 Å². The first kappa shape index (κ1) is 12.8. The summed E-state index contributed by atoms with van der Waals surface area (Å²) in [4.78, 5) is 13.8. The minimum Gasteiger partial charge on any atom is -0.377 e. The molecule has 0 saturated carbocycles. The van der Waals surface area contributed by atoms with Crippen molar-refractivity contribution in [3.8, 4) is 0 Å². The van der Waals surface area contributed by atoms with Gasteiger partial charge in [-0.2, -0.15) is 0 Å². The molecule has 17 heavy (non-hydrogen) atoms. The first-order chi connectivity index (χ1) is 8.27. The highest BCUT2D eigenvalue weighted by Crippen LogP contribution is 2.10. The van der Waals surface area contributed by atoms with Gasteiger partial charge in [0, 0.05) is 6.54 Å². The Bertz CT molecular complexity index is 254. The summed E-state index contributed by atoms with van der Waals surface area (Å²) in [5.41, 5.74) is 0. The van der Waals surface area contributed by atoms with Gasteiger partial charge in [-0.15, -0.1) is 0 Å².